The second kappa shape index (κ2) is 5.39. The van der Waals surface area contributed by atoms with Crippen LogP contribution in [0.4, 0.5) is 10.2 Å². The molecule has 1 heterocycles. The molecule has 1 atom stereocenters. The molecule has 0 saturated heterocycles. The van der Waals surface area contributed by atoms with Crippen LogP contribution in [0.1, 0.15) is 18.5 Å². The van der Waals surface area contributed by atoms with Crippen LogP contribution >= 0.6 is 22.6 Å². The standard InChI is InChI=1S/C12H11FIN3/c1-8(9-3-2-4-10(13)5-9)17-12-11(14)6-15-7-16-12/h2-8H,1H3,(H,15,16,17). The van der Waals surface area contributed by atoms with Crippen molar-refractivity contribution in [1.82, 2.24) is 9.97 Å². The lowest BCUT2D eigenvalue weighted by molar-refractivity contribution is 0.623. The van der Waals surface area contributed by atoms with Gasteiger partial charge in [-0.05, 0) is 47.2 Å². The first kappa shape index (κ1) is 12.2. The van der Waals surface area contributed by atoms with Gasteiger partial charge in [0, 0.05) is 6.20 Å². The van der Waals surface area contributed by atoms with Gasteiger partial charge in [0.2, 0.25) is 0 Å². The maximum atomic E-state index is 13.1. The molecular weight excluding hydrogens is 332 g/mol. The van der Waals surface area contributed by atoms with E-state index in [9.17, 15) is 4.39 Å². The van der Waals surface area contributed by atoms with E-state index in [0.29, 0.717) is 0 Å². The lowest BCUT2D eigenvalue weighted by Crippen LogP contribution is -2.09. The van der Waals surface area contributed by atoms with Crippen molar-refractivity contribution < 1.29 is 4.39 Å². The summed E-state index contributed by atoms with van der Waals surface area (Å²) >= 11 is 2.16. The van der Waals surface area contributed by atoms with Crippen molar-refractivity contribution in [1.29, 1.82) is 0 Å². The van der Waals surface area contributed by atoms with E-state index >= 15 is 0 Å². The Labute approximate surface area is 113 Å². The van der Waals surface area contributed by atoms with Gasteiger partial charge in [-0.3, -0.25) is 0 Å². The zero-order valence-corrected chi connectivity index (χ0v) is 11.3. The molecule has 3 nitrogen and oxygen atoms in total. The average Bonchev–Trinajstić information content (AvgIpc) is 2.32. The molecule has 1 unspecified atom stereocenters. The Kier molecular flexibility index (Phi) is 3.88. The first-order valence-electron chi connectivity index (χ1n) is 5.14. The molecule has 2 rings (SSSR count). The predicted molar refractivity (Wildman–Crippen MR) is 73.2 cm³/mol. The van der Waals surface area contributed by atoms with E-state index in [1.807, 2.05) is 13.0 Å². The molecular formula is C12H11FIN3. The van der Waals surface area contributed by atoms with Crippen molar-refractivity contribution in [3.63, 3.8) is 0 Å². The summed E-state index contributed by atoms with van der Waals surface area (Å²) in [6.07, 6.45) is 3.22. The van der Waals surface area contributed by atoms with Gasteiger partial charge in [-0.25, -0.2) is 14.4 Å². The van der Waals surface area contributed by atoms with Gasteiger partial charge in [-0.1, -0.05) is 12.1 Å². The van der Waals surface area contributed by atoms with E-state index in [-0.39, 0.29) is 11.9 Å². The molecule has 0 radical (unpaired) electrons. The fraction of sp³-hybridized carbons (Fsp3) is 0.167. The molecule has 1 N–H and O–H groups in total. The maximum absolute atomic E-state index is 13.1. The normalized spacial score (nSPS) is 12.2. The summed E-state index contributed by atoms with van der Waals surface area (Å²) in [6.45, 7) is 1.97. The molecule has 0 aliphatic carbocycles. The molecule has 0 fully saturated rings. The van der Waals surface area contributed by atoms with Crippen molar-refractivity contribution >= 4 is 28.4 Å². The topological polar surface area (TPSA) is 37.8 Å². The summed E-state index contributed by atoms with van der Waals surface area (Å²) < 4.78 is 14.0. The molecule has 88 valence electrons. The number of hydrogen-bond donors (Lipinski definition) is 1. The molecule has 2 aromatic rings. The highest BCUT2D eigenvalue weighted by atomic mass is 127. The minimum absolute atomic E-state index is 0.00545. The van der Waals surface area contributed by atoms with E-state index in [1.54, 1.807) is 12.3 Å². The average molecular weight is 343 g/mol. The first-order chi connectivity index (χ1) is 8.16. The van der Waals surface area contributed by atoms with Gasteiger partial charge in [0.1, 0.15) is 18.0 Å². The summed E-state index contributed by atoms with van der Waals surface area (Å²) in [7, 11) is 0. The molecule has 0 aliphatic heterocycles. The first-order valence-corrected chi connectivity index (χ1v) is 6.22. The van der Waals surface area contributed by atoms with Gasteiger partial charge in [0.05, 0.1) is 9.61 Å². The molecule has 17 heavy (non-hydrogen) atoms. The second-order valence-electron chi connectivity index (χ2n) is 3.64. The largest absolute Gasteiger partial charge is 0.363 e. The predicted octanol–water partition coefficient (Wildman–Crippen LogP) is 3.39. The Morgan fingerprint density at radius 1 is 1.41 bits per heavy atom. The zero-order chi connectivity index (χ0) is 12.3. The SMILES string of the molecule is CC(Nc1ncncc1I)c1cccc(F)c1. The minimum atomic E-state index is -0.228. The summed E-state index contributed by atoms with van der Waals surface area (Å²) in [5.41, 5.74) is 0.888. The Morgan fingerprint density at radius 2 is 2.24 bits per heavy atom. The fourth-order valence-electron chi connectivity index (χ4n) is 1.48. The number of nitrogens with zero attached hydrogens (tertiary/aromatic N) is 2. The third-order valence-corrected chi connectivity index (χ3v) is 3.16. The molecule has 1 aromatic carbocycles. The highest BCUT2D eigenvalue weighted by molar-refractivity contribution is 14.1. The third-order valence-electron chi connectivity index (χ3n) is 2.37. The highest BCUT2D eigenvalue weighted by Crippen LogP contribution is 2.21. The van der Waals surface area contributed by atoms with Crippen LogP contribution in [0.15, 0.2) is 36.8 Å². The number of halogens is 2. The molecule has 0 saturated carbocycles. The quantitative estimate of drug-likeness (QED) is 0.869. The van der Waals surface area contributed by atoms with Gasteiger partial charge in [-0.2, -0.15) is 0 Å². The van der Waals surface area contributed by atoms with Crippen molar-refractivity contribution in [3.8, 4) is 0 Å². The molecule has 1 aromatic heterocycles. The Morgan fingerprint density at radius 3 is 2.94 bits per heavy atom. The number of rotatable bonds is 3. The van der Waals surface area contributed by atoms with Gasteiger partial charge in [0.25, 0.3) is 0 Å². The molecule has 0 aliphatic rings. The number of hydrogen-bond acceptors (Lipinski definition) is 3. The van der Waals surface area contributed by atoms with Gasteiger partial charge in [0.15, 0.2) is 0 Å². The zero-order valence-electron chi connectivity index (χ0n) is 9.19. The van der Waals surface area contributed by atoms with Crippen LogP contribution in [0, 0.1) is 9.39 Å². The van der Waals surface area contributed by atoms with E-state index in [1.165, 1.54) is 18.5 Å². The molecule has 0 bridgehead atoms. The van der Waals surface area contributed by atoms with Crippen molar-refractivity contribution in [3.05, 3.63) is 51.7 Å². The smallest absolute Gasteiger partial charge is 0.143 e. The monoisotopic (exact) mass is 343 g/mol. The lowest BCUT2D eigenvalue weighted by Gasteiger charge is -2.15. The number of nitrogens with one attached hydrogen (secondary N) is 1. The number of benzene rings is 1. The van der Waals surface area contributed by atoms with Crippen molar-refractivity contribution in [2.24, 2.45) is 0 Å². The van der Waals surface area contributed by atoms with Gasteiger partial charge >= 0.3 is 0 Å². The molecule has 0 spiro atoms. The van der Waals surface area contributed by atoms with E-state index in [0.717, 1.165) is 15.0 Å². The van der Waals surface area contributed by atoms with Crippen LogP contribution in [0.2, 0.25) is 0 Å². The Hall–Kier alpha value is -1.24. The summed E-state index contributed by atoms with van der Waals surface area (Å²) in [5, 5.41) is 3.23. The van der Waals surface area contributed by atoms with Crippen LogP contribution in [-0.4, -0.2) is 9.97 Å². The summed E-state index contributed by atoms with van der Waals surface area (Å²) in [4.78, 5) is 8.06. The maximum Gasteiger partial charge on any atom is 0.143 e. The number of anilines is 1. The van der Waals surface area contributed by atoms with Crippen LogP contribution in [0.3, 0.4) is 0 Å². The van der Waals surface area contributed by atoms with E-state index < -0.39 is 0 Å². The van der Waals surface area contributed by atoms with Crippen LogP contribution in [0.25, 0.3) is 0 Å². The minimum Gasteiger partial charge on any atom is -0.363 e. The van der Waals surface area contributed by atoms with E-state index in [4.69, 9.17) is 0 Å². The van der Waals surface area contributed by atoms with Gasteiger partial charge in [-0.15, -0.1) is 0 Å². The van der Waals surface area contributed by atoms with Crippen LogP contribution < -0.4 is 5.32 Å². The van der Waals surface area contributed by atoms with Gasteiger partial charge < -0.3 is 5.32 Å². The third kappa shape index (κ3) is 3.12. The summed E-state index contributed by atoms with van der Waals surface area (Å²) in [6, 6.07) is 6.54. The van der Waals surface area contributed by atoms with Crippen molar-refractivity contribution in [2.75, 3.05) is 5.32 Å². The van der Waals surface area contributed by atoms with Crippen LogP contribution in [0.5, 0.6) is 0 Å². The Balaban J connectivity index is 2.17. The second-order valence-corrected chi connectivity index (χ2v) is 4.80. The molecule has 5 heteroatoms. The fourth-order valence-corrected chi connectivity index (χ4v) is 1.94. The number of aromatic nitrogens is 2. The lowest BCUT2D eigenvalue weighted by atomic mass is 10.1. The van der Waals surface area contributed by atoms with E-state index in [2.05, 4.69) is 37.9 Å². The van der Waals surface area contributed by atoms with Crippen LogP contribution in [-0.2, 0) is 0 Å². The van der Waals surface area contributed by atoms with Crippen molar-refractivity contribution in [2.45, 2.75) is 13.0 Å². The Bertz CT molecular complexity index is 519. The highest BCUT2D eigenvalue weighted by Gasteiger charge is 2.08. The summed E-state index contributed by atoms with van der Waals surface area (Å²) in [5.74, 6) is 0.533. The molecule has 0 amide bonds.